The molecule has 0 bridgehead atoms. The minimum absolute atomic E-state index is 0.200. The van der Waals surface area contributed by atoms with Crippen LogP contribution in [0.5, 0.6) is 5.75 Å². The molecule has 5 rings (SSSR count). The van der Waals surface area contributed by atoms with Crippen molar-refractivity contribution in [3.8, 4) is 17.1 Å². The molecule has 0 saturated carbocycles. The number of hydrogen-bond acceptors (Lipinski definition) is 8. The van der Waals surface area contributed by atoms with E-state index in [0.29, 0.717) is 33.6 Å². The van der Waals surface area contributed by atoms with E-state index < -0.39 is 29.6 Å². The van der Waals surface area contributed by atoms with E-state index in [0.717, 1.165) is 0 Å². The lowest BCUT2D eigenvalue weighted by molar-refractivity contribution is -0.148. The van der Waals surface area contributed by atoms with Crippen molar-refractivity contribution in [2.75, 3.05) is 14.2 Å². The van der Waals surface area contributed by atoms with Gasteiger partial charge < -0.3 is 23.0 Å². The zero-order valence-corrected chi connectivity index (χ0v) is 17.7. The van der Waals surface area contributed by atoms with Gasteiger partial charge in [0.05, 0.1) is 30.7 Å². The van der Waals surface area contributed by atoms with Gasteiger partial charge in [-0.25, -0.2) is 14.4 Å². The number of rotatable bonds is 4. The molecular formula is C25H18O8. The summed E-state index contributed by atoms with van der Waals surface area (Å²) >= 11 is 0. The fourth-order valence-corrected chi connectivity index (χ4v) is 4.03. The van der Waals surface area contributed by atoms with Crippen LogP contribution in [-0.2, 0) is 14.3 Å². The molecule has 2 aromatic carbocycles. The Kier molecular flexibility index (Phi) is 4.97. The summed E-state index contributed by atoms with van der Waals surface area (Å²) in [6, 6.07) is 17.0. The molecule has 2 atom stereocenters. The second-order valence-electron chi connectivity index (χ2n) is 7.44. The van der Waals surface area contributed by atoms with Gasteiger partial charge in [-0.1, -0.05) is 24.3 Å². The Morgan fingerprint density at radius 2 is 1.64 bits per heavy atom. The highest BCUT2D eigenvalue weighted by Gasteiger charge is 2.46. The third kappa shape index (κ3) is 3.36. The van der Waals surface area contributed by atoms with Crippen molar-refractivity contribution in [2.45, 2.75) is 12.0 Å². The lowest BCUT2D eigenvalue weighted by Crippen LogP contribution is -2.31. The van der Waals surface area contributed by atoms with Crippen molar-refractivity contribution in [1.29, 1.82) is 0 Å². The summed E-state index contributed by atoms with van der Waals surface area (Å²) in [5.74, 6) is -0.817. The largest absolute Gasteiger partial charge is 0.476 e. The molecule has 0 N–H and O–H groups in total. The number of hydrogen-bond donors (Lipinski definition) is 0. The van der Waals surface area contributed by atoms with Gasteiger partial charge in [0.25, 0.3) is 0 Å². The van der Waals surface area contributed by atoms with Crippen LogP contribution in [0.1, 0.15) is 27.6 Å². The van der Waals surface area contributed by atoms with Crippen LogP contribution < -0.4 is 10.4 Å². The molecule has 166 valence electrons. The van der Waals surface area contributed by atoms with E-state index in [9.17, 15) is 14.4 Å². The maximum atomic E-state index is 12.9. The van der Waals surface area contributed by atoms with Crippen LogP contribution in [-0.4, -0.2) is 32.3 Å². The van der Waals surface area contributed by atoms with E-state index in [1.54, 1.807) is 60.7 Å². The van der Waals surface area contributed by atoms with Crippen molar-refractivity contribution in [2.24, 2.45) is 0 Å². The number of methoxy groups -OCH3 is 2. The van der Waals surface area contributed by atoms with Gasteiger partial charge in [0.1, 0.15) is 28.8 Å². The lowest BCUT2D eigenvalue weighted by Gasteiger charge is -2.14. The van der Waals surface area contributed by atoms with Gasteiger partial charge in [-0.3, -0.25) is 0 Å². The van der Waals surface area contributed by atoms with Crippen molar-refractivity contribution in [1.82, 2.24) is 0 Å². The van der Waals surface area contributed by atoms with E-state index >= 15 is 0 Å². The first-order valence-electron chi connectivity index (χ1n) is 10.1. The molecule has 1 aliphatic heterocycles. The number of ether oxygens (including phenoxy) is 3. The normalized spacial score (nSPS) is 16.8. The summed E-state index contributed by atoms with van der Waals surface area (Å²) in [6.45, 7) is 0. The second-order valence-corrected chi connectivity index (χ2v) is 7.44. The van der Waals surface area contributed by atoms with Gasteiger partial charge in [0, 0.05) is 5.56 Å². The molecule has 3 heterocycles. The van der Waals surface area contributed by atoms with Crippen molar-refractivity contribution in [3.05, 3.63) is 88.0 Å². The highest BCUT2D eigenvalue weighted by Crippen LogP contribution is 2.45. The first kappa shape index (κ1) is 20.6. The Morgan fingerprint density at radius 3 is 2.36 bits per heavy atom. The molecule has 2 aromatic heterocycles. The zero-order chi connectivity index (χ0) is 23.1. The van der Waals surface area contributed by atoms with Crippen molar-refractivity contribution < 1.29 is 32.6 Å². The molecule has 0 unspecified atom stereocenters. The highest BCUT2D eigenvalue weighted by atomic mass is 16.6. The SMILES string of the molecule is COC(=O)c1ccc(-c2ccc([C@@H]3c4c(c5ccccc5oc4=O)O[C@H]3C(=O)OC)o2)cc1. The van der Waals surface area contributed by atoms with Crippen LogP contribution >= 0.6 is 0 Å². The van der Waals surface area contributed by atoms with Gasteiger partial charge in [0.15, 0.2) is 0 Å². The quantitative estimate of drug-likeness (QED) is 0.343. The fraction of sp³-hybridized carbons (Fsp3) is 0.160. The number of para-hydroxylation sites is 1. The average molecular weight is 446 g/mol. The minimum atomic E-state index is -1.11. The fourth-order valence-electron chi connectivity index (χ4n) is 4.03. The molecule has 0 amide bonds. The predicted molar refractivity (Wildman–Crippen MR) is 116 cm³/mol. The van der Waals surface area contributed by atoms with Crippen LogP contribution in [0.15, 0.2) is 74.3 Å². The lowest BCUT2D eigenvalue weighted by atomic mass is 9.93. The number of carbonyl (C=O) groups is 2. The van der Waals surface area contributed by atoms with Crippen LogP contribution in [0, 0.1) is 0 Å². The second kappa shape index (κ2) is 7.98. The summed E-state index contributed by atoms with van der Waals surface area (Å²) < 4.78 is 27.1. The molecule has 0 saturated heterocycles. The van der Waals surface area contributed by atoms with Crippen LogP contribution in [0.2, 0.25) is 0 Å². The molecule has 33 heavy (non-hydrogen) atoms. The minimum Gasteiger partial charge on any atom is -0.476 e. The Morgan fingerprint density at radius 1 is 0.879 bits per heavy atom. The topological polar surface area (TPSA) is 105 Å². The summed E-state index contributed by atoms with van der Waals surface area (Å²) in [5.41, 5.74) is 1.05. The maximum absolute atomic E-state index is 12.9. The van der Waals surface area contributed by atoms with Gasteiger partial charge >= 0.3 is 17.6 Å². The molecule has 0 spiro atoms. The van der Waals surface area contributed by atoms with Crippen LogP contribution in [0.25, 0.3) is 22.3 Å². The molecule has 0 fully saturated rings. The van der Waals surface area contributed by atoms with E-state index in [-0.39, 0.29) is 11.3 Å². The van der Waals surface area contributed by atoms with Gasteiger partial charge in [0.2, 0.25) is 6.10 Å². The van der Waals surface area contributed by atoms with E-state index in [4.69, 9.17) is 23.0 Å². The number of esters is 2. The Balaban J connectivity index is 1.59. The van der Waals surface area contributed by atoms with Crippen molar-refractivity contribution in [3.63, 3.8) is 0 Å². The smallest absolute Gasteiger partial charge is 0.348 e. The molecule has 0 radical (unpaired) electrons. The number of fused-ring (bicyclic) bond motifs is 3. The first-order chi connectivity index (χ1) is 16.0. The van der Waals surface area contributed by atoms with Crippen molar-refractivity contribution >= 4 is 22.9 Å². The van der Waals surface area contributed by atoms with E-state index in [1.165, 1.54) is 14.2 Å². The Bertz CT molecular complexity index is 1430. The summed E-state index contributed by atoms with van der Waals surface area (Å²) in [7, 11) is 2.57. The highest BCUT2D eigenvalue weighted by molar-refractivity contribution is 5.90. The van der Waals surface area contributed by atoms with Crippen LogP contribution in [0.4, 0.5) is 0 Å². The number of furan rings is 1. The molecule has 8 heteroatoms. The monoisotopic (exact) mass is 446 g/mol. The summed E-state index contributed by atoms with van der Waals surface area (Å²) in [4.78, 5) is 37.1. The third-order valence-corrected chi connectivity index (χ3v) is 5.61. The Labute approximate surface area is 187 Å². The molecular weight excluding hydrogens is 428 g/mol. The van der Waals surface area contributed by atoms with E-state index in [2.05, 4.69) is 0 Å². The van der Waals surface area contributed by atoms with E-state index in [1.807, 2.05) is 0 Å². The predicted octanol–water partition coefficient (Wildman–Crippen LogP) is 3.91. The summed E-state index contributed by atoms with van der Waals surface area (Å²) in [6.07, 6.45) is -1.11. The van der Waals surface area contributed by atoms with Crippen LogP contribution in [0.3, 0.4) is 0 Å². The summed E-state index contributed by atoms with van der Waals surface area (Å²) in [5, 5.41) is 0.577. The first-order valence-corrected chi connectivity index (χ1v) is 10.1. The molecule has 4 aromatic rings. The van der Waals surface area contributed by atoms with Gasteiger partial charge in [-0.15, -0.1) is 0 Å². The van der Waals surface area contributed by atoms with Gasteiger partial charge in [-0.2, -0.15) is 0 Å². The number of carbonyl (C=O) groups excluding carboxylic acids is 2. The Hall–Kier alpha value is -4.33. The molecule has 8 nitrogen and oxygen atoms in total. The zero-order valence-electron chi connectivity index (χ0n) is 17.7. The average Bonchev–Trinajstić information content (AvgIpc) is 3.49. The molecule has 0 aliphatic carbocycles. The standard InChI is InChI=1S/C25H18O8/c1-29-23(26)14-9-7-13(8-10-14)16-11-12-18(31-16)19-20-21(33-22(19)25(28)30-2)15-5-3-4-6-17(15)32-24(20)27/h3-12,19,22H,1-2H3/t19-,22-/m1/s1. The molecule has 1 aliphatic rings. The third-order valence-electron chi connectivity index (χ3n) is 5.61. The number of benzene rings is 2. The van der Waals surface area contributed by atoms with Gasteiger partial charge in [-0.05, 0) is 36.4 Å². The maximum Gasteiger partial charge on any atom is 0.348 e.